The summed E-state index contributed by atoms with van der Waals surface area (Å²) in [4.78, 5) is 26.8. The van der Waals surface area contributed by atoms with Crippen LogP contribution in [-0.2, 0) is 17.1 Å². The van der Waals surface area contributed by atoms with Crippen molar-refractivity contribution in [2.75, 3.05) is 39.3 Å². The zero-order valence-corrected chi connectivity index (χ0v) is 14.2. The SMILES string of the molecule is Cn1cc(S(=O)(=O)N2CCCN(C(=O)N3CCNC3=O)CC2)cn1. The molecule has 0 aromatic carbocycles. The first-order valence-corrected chi connectivity index (χ1v) is 9.16. The van der Waals surface area contributed by atoms with Crippen molar-refractivity contribution in [3.63, 3.8) is 0 Å². The average Bonchev–Trinajstić information content (AvgIpc) is 3.07. The Labute approximate surface area is 140 Å². The normalized spacial score (nSPS) is 20.1. The number of carbonyl (C=O) groups is 2. The quantitative estimate of drug-likeness (QED) is 0.751. The van der Waals surface area contributed by atoms with Gasteiger partial charge >= 0.3 is 12.1 Å². The summed E-state index contributed by atoms with van der Waals surface area (Å²) >= 11 is 0. The predicted octanol–water partition coefficient (Wildman–Crippen LogP) is -0.738. The lowest BCUT2D eigenvalue weighted by atomic mass is 10.4. The van der Waals surface area contributed by atoms with Gasteiger partial charge < -0.3 is 10.2 Å². The van der Waals surface area contributed by atoms with Crippen LogP contribution in [0.15, 0.2) is 17.3 Å². The summed E-state index contributed by atoms with van der Waals surface area (Å²) < 4.78 is 28.1. The van der Waals surface area contributed by atoms with Gasteiger partial charge in [-0.1, -0.05) is 0 Å². The van der Waals surface area contributed by atoms with E-state index < -0.39 is 16.1 Å². The maximum atomic E-state index is 12.6. The molecule has 10 nitrogen and oxygen atoms in total. The van der Waals surface area contributed by atoms with Crippen LogP contribution in [0.3, 0.4) is 0 Å². The van der Waals surface area contributed by atoms with Gasteiger partial charge in [-0.3, -0.25) is 4.68 Å². The van der Waals surface area contributed by atoms with Crippen LogP contribution in [-0.4, -0.2) is 83.6 Å². The molecule has 132 valence electrons. The molecule has 0 unspecified atom stereocenters. The minimum Gasteiger partial charge on any atom is -0.336 e. The number of nitrogens with zero attached hydrogens (tertiary/aromatic N) is 5. The number of nitrogens with one attached hydrogen (secondary N) is 1. The fourth-order valence-corrected chi connectivity index (χ4v) is 4.29. The Morgan fingerprint density at radius 1 is 1.21 bits per heavy atom. The smallest absolute Gasteiger partial charge is 0.328 e. The van der Waals surface area contributed by atoms with Crippen molar-refractivity contribution in [3.05, 3.63) is 12.4 Å². The Hall–Kier alpha value is -2.14. The van der Waals surface area contributed by atoms with Crippen molar-refractivity contribution < 1.29 is 18.0 Å². The zero-order valence-electron chi connectivity index (χ0n) is 13.4. The zero-order chi connectivity index (χ0) is 17.3. The van der Waals surface area contributed by atoms with E-state index in [1.807, 2.05) is 0 Å². The molecule has 2 saturated heterocycles. The van der Waals surface area contributed by atoms with Crippen molar-refractivity contribution >= 4 is 22.1 Å². The van der Waals surface area contributed by atoms with Crippen LogP contribution in [0.5, 0.6) is 0 Å². The van der Waals surface area contributed by atoms with Crippen LogP contribution in [0.2, 0.25) is 0 Å². The molecule has 0 spiro atoms. The molecule has 1 aromatic heterocycles. The third kappa shape index (κ3) is 3.08. The van der Waals surface area contributed by atoms with Gasteiger partial charge in [0.05, 0.1) is 6.20 Å². The second-order valence-electron chi connectivity index (χ2n) is 5.76. The van der Waals surface area contributed by atoms with E-state index in [-0.39, 0.29) is 24.0 Å². The highest BCUT2D eigenvalue weighted by Crippen LogP contribution is 2.17. The van der Waals surface area contributed by atoms with Crippen LogP contribution in [0.4, 0.5) is 9.59 Å². The summed E-state index contributed by atoms with van der Waals surface area (Å²) in [5.41, 5.74) is 0. The summed E-state index contributed by atoms with van der Waals surface area (Å²) in [6.45, 7) is 1.97. The fraction of sp³-hybridized carbons (Fsp3) is 0.615. The summed E-state index contributed by atoms with van der Waals surface area (Å²) in [5, 5.41) is 6.49. The van der Waals surface area contributed by atoms with E-state index in [4.69, 9.17) is 0 Å². The number of rotatable bonds is 2. The number of hydrogen-bond donors (Lipinski definition) is 1. The standard InChI is InChI=1S/C13H20N6O4S/c1-16-10-11(9-15-16)24(22,23)18-5-2-4-17(7-8-18)13(21)19-6-3-14-12(19)20/h9-10H,2-8H2,1H3,(H,14,20). The average molecular weight is 356 g/mol. The number of imide groups is 1. The Kier molecular flexibility index (Phi) is 4.45. The summed E-state index contributed by atoms with van der Waals surface area (Å²) in [6.07, 6.45) is 3.29. The summed E-state index contributed by atoms with van der Waals surface area (Å²) in [5.74, 6) is 0. The largest absolute Gasteiger partial charge is 0.336 e. The maximum absolute atomic E-state index is 12.6. The van der Waals surface area contributed by atoms with Crippen LogP contribution in [0.1, 0.15) is 6.42 Å². The third-order valence-corrected chi connectivity index (χ3v) is 5.98. The van der Waals surface area contributed by atoms with Gasteiger partial charge in [0.2, 0.25) is 10.0 Å². The van der Waals surface area contributed by atoms with Gasteiger partial charge in [-0.15, -0.1) is 0 Å². The van der Waals surface area contributed by atoms with E-state index in [9.17, 15) is 18.0 Å². The number of aromatic nitrogens is 2. The summed E-state index contributed by atoms with van der Waals surface area (Å²) in [6, 6.07) is -0.769. The molecule has 2 aliphatic heterocycles. The number of urea groups is 2. The van der Waals surface area contributed by atoms with E-state index in [0.29, 0.717) is 32.6 Å². The second kappa shape index (κ2) is 6.40. The lowest BCUT2D eigenvalue weighted by Crippen LogP contribution is -2.46. The number of carbonyl (C=O) groups excluding carboxylic acids is 2. The van der Waals surface area contributed by atoms with Gasteiger partial charge in [0.25, 0.3) is 0 Å². The maximum Gasteiger partial charge on any atom is 0.328 e. The van der Waals surface area contributed by atoms with Crippen LogP contribution in [0.25, 0.3) is 0 Å². The van der Waals surface area contributed by atoms with E-state index >= 15 is 0 Å². The third-order valence-electron chi connectivity index (χ3n) is 4.13. The molecule has 3 rings (SSSR count). The first-order valence-electron chi connectivity index (χ1n) is 7.72. The minimum absolute atomic E-state index is 0.142. The second-order valence-corrected chi connectivity index (χ2v) is 7.70. The fourth-order valence-electron chi connectivity index (χ4n) is 2.83. The van der Waals surface area contributed by atoms with Crippen molar-refractivity contribution in [2.45, 2.75) is 11.3 Å². The number of amides is 4. The van der Waals surface area contributed by atoms with Crippen molar-refractivity contribution in [3.8, 4) is 0 Å². The Balaban J connectivity index is 1.69. The van der Waals surface area contributed by atoms with Crippen LogP contribution < -0.4 is 5.32 Å². The highest BCUT2D eigenvalue weighted by molar-refractivity contribution is 7.89. The van der Waals surface area contributed by atoms with Crippen molar-refractivity contribution in [1.82, 2.24) is 29.2 Å². The monoisotopic (exact) mass is 356 g/mol. The number of sulfonamides is 1. The van der Waals surface area contributed by atoms with Gasteiger partial charge in [-0.2, -0.15) is 9.40 Å². The minimum atomic E-state index is -3.62. The highest BCUT2D eigenvalue weighted by Gasteiger charge is 2.33. The lowest BCUT2D eigenvalue weighted by Gasteiger charge is -2.25. The molecule has 4 amide bonds. The topological polar surface area (TPSA) is 108 Å². The molecule has 0 saturated carbocycles. The molecule has 1 aromatic rings. The predicted molar refractivity (Wildman–Crippen MR) is 83.7 cm³/mol. The molecule has 2 fully saturated rings. The molecular formula is C13H20N6O4S. The number of aryl methyl sites for hydroxylation is 1. The van der Waals surface area contributed by atoms with Gasteiger partial charge in [-0.25, -0.2) is 22.9 Å². The number of hydrogen-bond acceptors (Lipinski definition) is 5. The van der Waals surface area contributed by atoms with Gasteiger partial charge in [0.15, 0.2) is 0 Å². The Bertz CT molecular complexity index is 745. The molecule has 2 aliphatic rings. The molecule has 11 heteroatoms. The highest BCUT2D eigenvalue weighted by atomic mass is 32.2. The molecular weight excluding hydrogens is 336 g/mol. The lowest BCUT2D eigenvalue weighted by molar-refractivity contribution is 0.165. The summed E-state index contributed by atoms with van der Waals surface area (Å²) in [7, 11) is -1.97. The van der Waals surface area contributed by atoms with Gasteiger partial charge in [0, 0.05) is 52.5 Å². The van der Waals surface area contributed by atoms with Crippen molar-refractivity contribution in [1.29, 1.82) is 0 Å². The first kappa shape index (κ1) is 16.7. The van der Waals surface area contributed by atoms with E-state index in [0.717, 1.165) is 4.90 Å². The molecule has 0 bridgehead atoms. The Morgan fingerprint density at radius 2 is 2.00 bits per heavy atom. The van der Waals surface area contributed by atoms with Gasteiger partial charge in [-0.05, 0) is 6.42 Å². The Morgan fingerprint density at radius 3 is 2.62 bits per heavy atom. The molecule has 0 atom stereocenters. The first-order chi connectivity index (χ1) is 11.4. The van der Waals surface area contributed by atoms with Crippen LogP contribution in [0, 0.1) is 0 Å². The van der Waals surface area contributed by atoms with Crippen molar-refractivity contribution in [2.24, 2.45) is 7.05 Å². The molecule has 0 aliphatic carbocycles. The van der Waals surface area contributed by atoms with E-state index in [1.165, 1.54) is 26.3 Å². The molecule has 3 heterocycles. The van der Waals surface area contributed by atoms with Crippen LogP contribution >= 0.6 is 0 Å². The molecule has 1 N–H and O–H groups in total. The van der Waals surface area contributed by atoms with E-state index in [1.54, 1.807) is 7.05 Å². The van der Waals surface area contributed by atoms with E-state index in [2.05, 4.69) is 10.4 Å². The molecule has 24 heavy (non-hydrogen) atoms. The molecule has 0 radical (unpaired) electrons. The van der Waals surface area contributed by atoms with Gasteiger partial charge in [0.1, 0.15) is 4.90 Å².